The molecule has 0 radical (unpaired) electrons. The summed E-state index contributed by atoms with van der Waals surface area (Å²) in [6, 6.07) is 4.39. The van der Waals surface area contributed by atoms with Gasteiger partial charge in [-0.1, -0.05) is 57.2 Å². The van der Waals surface area contributed by atoms with Crippen molar-refractivity contribution in [2.24, 2.45) is 5.73 Å². The Morgan fingerprint density at radius 3 is 2.29 bits per heavy atom. The Bertz CT molecular complexity index is 995. The fraction of sp³-hybridized carbons (Fsp3) is 0.586. The van der Waals surface area contributed by atoms with Crippen molar-refractivity contribution in [3.05, 3.63) is 35.4 Å². The first-order valence-electron chi connectivity index (χ1n) is 13.3. The molecule has 210 valence electrons. The Balaban J connectivity index is 3.60. The van der Waals surface area contributed by atoms with Crippen molar-refractivity contribution in [2.45, 2.75) is 104 Å². The van der Waals surface area contributed by atoms with E-state index in [-0.39, 0.29) is 12.6 Å². The van der Waals surface area contributed by atoms with E-state index in [1.165, 1.54) is 4.90 Å². The molecule has 1 rings (SSSR count). The van der Waals surface area contributed by atoms with Crippen molar-refractivity contribution in [3.63, 3.8) is 0 Å². The first kappa shape index (κ1) is 32.5. The van der Waals surface area contributed by atoms with Gasteiger partial charge in [-0.2, -0.15) is 0 Å². The van der Waals surface area contributed by atoms with Crippen LogP contribution in [-0.2, 0) is 19.1 Å². The van der Waals surface area contributed by atoms with E-state index in [9.17, 15) is 19.2 Å². The molecule has 0 saturated carbocycles. The summed E-state index contributed by atoms with van der Waals surface area (Å²) in [5.74, 6) is 0.806. The first-order valence-corrected chi connectivity index (χ1v) is 13.3. The fourth-order valence-electron chi connectivity index (χ4n) is 4.09. The molecule has 0 bridgehead atoms. The molecule has 38 heavy (non-hydrogen) atoms. The topological polar surface area (TPSA) is 131 Å². The molecule has 4 N–H and O–H groups in total. The Labute approximate surface area is 227 Å². The quantitative estimate of drug-likeness (QED) is 0.250. The SMILES string of the molecule is C#Cc1ccccc1C(C(=O)NC(C)CCC)N(CCCCC)C(=O)C(CC(N)=O)NC(=O)OC(C)(C)C. The summed E-state index contributed by atoms with van der Waals surface area (Å²) in [7, 11) is 0. The molecule has 3 unspecified atom stereocenters. The van der Waals surface area contributed by atoms with Gasteiger partial charge in [-0.05, 0) is 52.2 Å². The summed E-state index contributed by atoms with van der Waals surface area (Å²) in [5, 5.41) is 5.49. The molecule has 0 aromatic heterocycles. The van der Waals surface area contributed by atoms with Gasteiger partial charge in [-0.15, -0.1) is 6.42 Å². The largest absolute Gasteiger partial charge is 0.444 e. The molecule has 0 heterocycles. The maximum absolute atomic E-state index is 14.0. The van der Waals surface area contributed by atoms with Gasteiger partial charge >= 0.3 is 6.09 Å². The zero-order valence-electron chi connectivity index (χ0n) is 23.6. The minimum Gasteiger partial charge on any atom is -0.444 e. The van der Waals surface area contributed by atoms with Gasteiger partial charge in [-0.3, -0.25) is 14.4 Å². The van der Waals surface area contributed by atoms with Gasteiger partial charge < -0.3 is 26.0 Å². The number of hydrogen-bond donors (Lipinski definition) is 3. The average molecular weight is 529 g/mol. The van der Waals surface area contributed by atoms with Crippen LogP contribution in [-0.4, -0.2) is 52.9 Å². The van der Waals surface area contributed by atoms with E-state index in [2.05, 4.69) is 16.6 Å². The summed E-state index contributed by atoms with van der Waals surface area (Å²) in [4.78, 5) is 53.6. The third-order valence-electron chi connectivity index (χ3n) is 5.76. The van der Waals surface area contributed by atoms with Crippen LogP contribution in [0.5, 0.6) is 0 Å². The van der Waals surface area contributed by atoms with E-state index in [1.54, 1.807) is 45.0 Å². The number of unbranched alkanes of at least 4 members (excludes halogenated alkanes) is 2. The van der Waals surface area contributed by atoms with Gasteiger partial charge in [0.15, 0.2) is 0 Å². The monoisotopic (exact) mass is 528 g/mol. The smallest absolute Gasteiger partial charge is 0.408 e. The van der Waals surface area contributed by atoms with Crippen LogP contribution < -0.4 is 16.4 Å². The number of nitrogens with one attached hydrogen (secondary N) is 2. The minimum atomic E-state index is -1.33. The first-order chi connectivity index (χ1) is 17.8. The Morgan fingerprint density at radius 2 is 1.74 bits per heavy atom. The Morgan fingerprint density at radius 1 is 1.08 bits per heavy atom. The number of primary amides is 1. The van der Waals surface area contributed by atoms with Crippen molar-refractivity contribution in [1.29, 1.82) is 0 Å². The second-order valence-corrected chi connectivity index (χ2v) is 10.4. The molecule has 9 nitrogen and oxygen atoms in total. The number of alkyl carbamates (subject to hydrolysis) is 1. The molecule has 0 saturated heterocycles. The lowest BCUT2D eigenvalue weighted by Gasteiger charge is -2.35. The summed E-state index contributed by atoms with van der Waals surface area (Å²) >= 11 is 0. The van der Waals surface area contributed by atoms with Gasteiger partial charge in [0, 0.05) is 18.2 Å². The minimum absolute atomic E-state index is 0.137. The number of benzene rings is 1. The van der Waals surface area contributed by atoms with E-state index in [0.717, 1.165) is 25.7 Å². The summed E-state index contributed by atoms with van der Waals surface area (Å²) < 4.78 is 5.31. The summed E-state index contributed by atoms with van der Waals surface area (Å²) in [6.07, 6.45) is 8.35. The normalized spacial score (nSPS) is 13.4. The van der Waals surface area contributed by atoms with Crippen LogP contribution in [0.1, 0.15) is 97.2 Å². The van der Waals surface area contributed by atoms with Crippen molar-refractivity contribution >= 4 is 23.8 Å². The summed E-state index contributed by atoms with van der Waals surface area (Å²) in [5.41, 5.74) is 5.57. The predicted molar refractivity (Wildman–Crippen MR) is 148 cm³/mol. The van der Waals surface area contributed by atoms with Crippen LogP contribution in [0.2, 0.25) is 0 Å². The van der Waals surface area contributed by atoms with Crippen LogP contribution in [0.3, 0.4) is 0 Å². The van der Waals surface area contributed by atoms with Crippen molar-refractivity contribution in [3.8, 4) is 12.3 Å². The fourth-order valence-corrected chi connectivity index (χ4v) is 4.09. The standard InChI is InChI=1S/C29H44N4O5/c1-8-11-14-18-33(27(36)23(19-24(30)34)32-28(37)38-29(5,6)7)25(26(35)31-20(4)15-9-2)22-17-13-12-16-21(22)10-3/h3,12-13,16-17,20,23,25H,8-9,11,14-15,18-19H2,1-2,4-7H3,(H2,30,34)(H,31,35)(H,32,37). The van der Waals surface area contributed by atoms with Gasteiger partial charge in [0.05, 0.1) is 6.42 Å². The molecule has 0 aliphatic carbocycles. The number of hydrogen-bond acceptors (Lipinski definition) is 5. The van der Waals surface area contributed by atoms with Crippen LogP contribution in [0.4, 0.5) is 4.79 Å². The van der Waals surface area contributed by atoms with E-state index in [4.69, 9.17) is 16.9 Å². The molecule has 0 fully saturated rings. The van der Waals surface area contributed by atoms with Crippen molar-refractivity contribution in [1.82, 2.24) is 15.5 Å². The summed E-state index contributed by atoms with van der Waals surface area (Å²) in [6.45, 7) is 11.2. The van der Waals surface area contributed by atoms with Crippen molar-refractivity contribution < 1.29 is 23.9 Å². The molecule has 9 heteroatoms. The third kappa shape index (κ3) is 10.8. The zero-order chi connectivity index (χ0) is 28.9. The highest BCUT2D eigenvalue weighted by Gasteiger charge is 2.37. The molecule has 0 spiro atoms. The highest BCUT2D eigenvalue weighted by Crippen LogP contribution is 2.27. The van der Waals surface area contributed by atoms with Crippen LogP contribution >= 0.6 is 0 Å². The molecule has 1 aromatic rings. The highest BCUT2D eigenvalue weighted by molar-refractivity contribution is 5.94. The van der Waals surface area contributed by atoms with Crippen LogP contribution in [0.15, 0.2) is 24.3 Å². The lowest BCUT2D eigenvalue weighted by atomic mass is 9.96. The second kappa shape index (κ2) is 15.7. The second-order valence-electron chi connectivity index (χ2n) is 10.4. The maximum atomic E-state index is 14.0. The van der Waals surface area contributed by atoms with Gasteiger partial charge in [0.1, 0.15) is 17.7 Å². The number of nitrogens with two attached hydrogens (primary N) is 1. The Hall–Kier alpha value is -3.54. The number of nitrogens with zero attached hydrogens (tertiary/aromatic N) is 1. The van der Waals surface area contributed by atoms with E-state index in [0.29, 0.717) is 17.5 Å². The lowest BCUT2D eigenvalue weighted by Crippen LogP contribution is -2.54. The number of rotatable bonds is 14. The third-order valence-corrected chi connectivity index (χ3v) is 5.76. The molecule has 0 aliphatic heterocycles. The Kier molecular flexibility index (Phi) is 13.4. The predicted octanol–water partition coefficient (Wildman–Crippen LogP) is 3.80. The molecule has 4 amide bonds. The van der Waals surface area contributed by atoms with Crippen molar-refractivity contribution in [2.75, 3.05) is 6.54 Å². The van der Waals surface area contributed by atoms with Crippen LogP contribution in [0.25, 0.3) is 0 Å². The number of ether oxygens (including phenoxy) is 1. The molecule has 0 aliphatic rings. The molecular formula is C29H44N4O5. The number of terminal acetylenes is 1. The lowest BCUT2D eigenvalue weighted by molar-refractivity contribution is -0.143. The number of carbonyl (C=O) groups is 4. The van der Waals surface area contributed by atoms with E-state index < -0.39 is 47.9 Å². The van der Waals surface area contributed by atoms with Crippen LogP contribution in [0, 0.1) is 12.3 Å². The highest BCUT2D eigenvalue weighted by atomic mass is 16.6. The molecule has 1 aromatic carbocycles. The van der Waals surface area contributed by atoms with Gasteiger partial charge in [0.25, 0.3) is 0 Å². The molecular weight excluding hydrogens is 484 g/mol. The average Bonchev–Trinajstić information content (AvgIpc) is 2.81. The molecule has 3 atom stereocenters. The van der Waals surface area contributed by atoms with Gasteiger partial charge in [0.2, 0.25) is 17.7 Å². The van der Waals surface area contributed by atoms with Gasteiger partial charge in [-0.25, -0.2) is 4.79 Å². The van der Waals surface area contributed by atoms with E-state index >= 15 is 0 Å². The number of carbonyl (C=O) groups excluding carboxylic acids is 4. The van der Waals surface area contributed by atoms with E-state index in [1.807, 2.05) is 20.8 Å². The maximum Gasteiger partial charge on any atom is 0.408 e. The zero-order valence-corrected chi connectivity index (χ0v) is 23.6. The number of amides is 4.